The normalized spacial score (nSPS) is 16.3. The van der Waals surface area contributed by atoms with Crippen molar-refractivity contribution in [3.63, 3.8) is 0 Å². The fourth-order valence-corrected chi connectivity index (χ4v) is 2.27. The zero-order valence-electron chi connectivity index (χ0n) is 12.0. The van der Waals surface area contributed by atoms with Crippen molar-refractivity contribution in [2.24, 2.45) is 0 Å². The second kappa shape index (κ2) is 7.08. The highest BCUT2D eigenvalue weighted by Crippen LogP contribution is 2.16. The number of carboxylic acids is 1. The van der Waals surface area contributed by atoms with Gasteiger partial charge in [0.05, 0.1) is 19.6 Å². The average molecular weight is 292 g/mol. The van der Waals surface area contributed by atoms with E-state index in [1.807, 2.05) is 12.1 Å². The molecule has 1 aromatic rings. The van der Waals surface area contributed by atoms with Crippen molar-refractivity contribution in [1.29, 1.82) is 0 Å². The predicted molar refractivity (Wildman–Crippen MR) is 78.7 cm³/mol. The van der Waals surface area contributed by atoms with Crippen molar-refractivity contribution in [3.05, 3.63) is 29.8 Å². The third-order valence-electron chi connectivity index (χ3n) is 3.36. The number of carboxylic acid groups (broad SMARTS) is 1. The fourth-order valence-electron chi connectivity index (χ4n) is 2.27. The summed E-state index contributed by atoms with van der Waals surface area (Å²) in [5.41, 5.74) is 1.60. The van der Waals surface area contributed by atoms with Gasteiger partial charge in [0, 0.05) is 30.4 Å². The molecule has 1 unspecified atom stereocenters. The van der Waals surface area contributed by atoms with E-state index in [0.717, 1.165) is 32.0 Å². The molecule has 1 aromatic carbocycles. The van der Waals surface area contributed by atoms with Gasteiger partial charge >= 0.3 is 5.97 Å². The molecule has 1 aliphatic rings. The Morgan fingerprint density at radius 1 is 1.29 bits per heavy atom. The van der Waals surface area contributed by atoms with Gasteiger partial charge in [-0.25, -0.2) is 0 Å². The summed E-state index contributed by atoms with van der Waals surface area (Å²) >= 11 is 0. The van der Waals surface area contributed by atoms with E-state index in [0.29, 0.717) is 5.56 Å². The summed E-state index contributed by atoms with van der Waals surface area (Å²) < 4.78 is 5.30. The van der Waals surface area contributed by atoms with Crippen LogP contribution < -0.4 is 10.2 Å². The van der Waals surface area contributed by atoms with Gasteiger partial charge in [-0.15, -0.1) is 0 Å². The summed E-state index contributed by atoms with van der Waals surface area (Å²) in [7, 11) is 0. The van der Waals surface area contributed by atoms with E-state index in [1.165, 1.54) is 0 Å². The lowest BCUT2D eigenvalue weighted by atomic mass is 10.1. The van der Waals surface area contributed by atoms with Gasteiger partial charge < -0.3 is 20.1 Å². The number of morpholine rings is 1. The summed E-state index contributed by atoms with van der Waals surface area (Å²) in [6, 6.07) is 6.93. The molecule has 0 radical (unpaired) electrons. The molecule has 1 saturated heterocycles. The minimum Gasteiger partial charge on any atom is -0.481 e. The number of nitrogens with one attached hydrogen (secondary N) is 1. The highest BCUT2D eigenvalue weighted by Gasteiger charge is 2.14. The molecule has 0 saturated carbocycles. The summed E-state index contributed by atoms with van der Waals surface area (Å²) in [6.45, 7) is 4.81. The van der Waals surface area contributed by atoms with Gasteiger partial charge in [-0.3, -0.25) is 9.59 Å². The Hall–Kier alpha value is -2.08. The third kappa shape index (κ3) is 4.46. The largest absolute Gasteiger partial charge is 0.481 e. The molecule has 0 aromatic heterocycles. The van der Waals surface area contributed by atoms with Crippen LogP contribution in [0.1, 0.15) is 23.7 Å². The molecule has 1 atom stereocenters. The first-order valence-electron chi connectivity index (χ1n) is 7.01. The van der Waals surface area contributed by atoms with Crippen LogP contribution in [0.2, 0.25) is 0 Å². The van der Waals surface area contributed by atoms with Gasteiger partial charge in [0.1, 0.15) is 0 Å². The zero-order valence-corrected chi connectivity index (χ0v) is 12.0. The van der Waals surface area contributed by atoms with E-state index in [2.05, 4.69) is 10.2 Å². The Bertz CT molecular complexity index is 495. The van der Waals surface area contributed by atoms with Gasteiger partial charge in [0.2, 0.25) is 0 Å². The zero-order chi connectivity index (χ0) is 15.2. The predicted octanol–water partition coefficient (Wildman–Crippen LogP) is 1.12. The van der Waals surface area contributed by atoms with Gasteiger partial charge in [-0.2, -0.15) is 0 Å². The van der Waals surface area contributed by atoms with E-state index in [-0.39, 0.29) is 12.3 Å². The van der Waals surface area contributed by atoms with Crippen molar-refractivity contribution < 1.29 is 19.4 Å². The molecule has 0 bridgehead atoms. The third-order valence-corrected chi connectivity index (χ3v) is 3.36. The standard InChI is InChI=1S/C15H20N2O4/c1-11(10-14(18)19)16-15(20)12-2-4-13(5-3-12)17-6-8-21-9-7-17/h2-5,11H,6-10H2,1H3,(H,16,20)(H,18,19). The highest BCUT2D eigenvalue weighted by atomic mass is 16.5. The van der Waals surface area contributed by atoms with Crippen LogP contribution in [0.5, 0.6) is 0 Å². The summed E-state index contributed by atoms with van der Waals surface area (Å²) in [5, 5.41) is 11.4. The number of hydrogen-bond acceptors (Lipinski definition) is 4. The van der Waals surface area contributed by atoms with Crippen LogP contribution in [-0.2, 0) is 9.53 Å². The SMILES string of the molecule is CC(CC(=O)O)NC(=O)c1ccc(N2CCOCC2)cc1. The molecular formula is C15H20N2O4. The van der Waals surface area contributed by atoms with Crippen LogP contribution in [0.4, 0.5) is 5.69 Å². The minimum atomic E-state index is -0.925. The molecule has 6 heteroatoms. The molecule has 1 aliphatic heterocycles. The van der Waals surface area contributed by atoms with E-state index in [1.54, 1.807) is 19.1 Å². The van der Waals surface area contributed by atoms with Crippen LogP contribution in [0.15, 0.2) is 24.3 Å². The second-order valence-electron chi connectivity index (χ2n) is 5.12. The van der Waals surface area contributed by atoms with Crippen molar-refractivity contribution in [2.45, 2.75) is 19.4 Å². The topological polar surface area (TPSA) is 78.9 Å². The maximum atomic E-state index is 12.0. The lowest BCUT2D eigenvalue weighted by molar-refractivity contribution is -0.137. The van der Waals surface area contributed by atoms with E-state index < -0.39 is 12.0 Å². The Morgan fingerprint density at radius 2 is 1.90 bits per heavy atom. The minimum absolute atomic E-state index is 0.0857. The van der Waals surface area contributed by atoms with Gasteiger partial charge in [0.25, 0.3) is 5.91 Å². The van der Waals surface area contributed by atoms with Crippen molar-refractivity contribution >= 4 is 17.6 Å². The number of carbonyl (C=O) groups excluding carboxylic acids is 1. The fraction of sp³-hybridized carbons (Fsp3) is 0.467. The average Bonchev–Trinajstić information content (AvgIpc) is 2.47. The number of aliphatic carboxylic acids is 1. The molecule has 114 valence electrons. The van der Waals surface area contributed by atoms with E-state index in [4.69, 9.17) is 9.84 Å². The summed E-state index contributed by atoms with van der Waals surface area (Å²) in [4.78, 5) is 24.8. The van der Waals surface area contributed by atoms with Crippen LogP contribution >= 0.6 is 0 Å². The Morgan fingerprint density at radius 3 is 2.48 bits per heavy atom. The number of carbonyl (C=O) groups is 2. The maximum Gasteiger partial charge on any atom is 0.305 e. The highest BCUT2D eigenvalue weighted by molar-refractivity contribution is 5.94. The van der Waals surface area contributed by atoms with Crippen LogP contribution in [0.3, 0.4) is 0 Å². The first kappa shape index (κ1) is 15.3. The Balaban J connectivity index is 1.94. The molecule has 2 rings (SSSR count). The van der Waals surface area contributed by atoms with Crippen LogP contribution in [0, 0.1) is 0 Å². The first-order valence-corrected chi connectivity index (χ1v) is 7.01. The van der Waals surface area contributed by atoms with E-state index >= 15 is 0 Å². The number of amides is 1. The number of hydrogen-bond donors (Lipinski definition) is 2. The molecule has 1 heterocycles. The molecule has 21 heavy (non-hydrogen) atoms. The summed E-state index contributed by atoms with van der Waals surface area (Å²) in [6.07, 6.45) is -0.0857. The number of rotatable bonds is 5. The van der Waals surface area contributed by atoms with Crippen LogP contribution in [-0.4, -0.2) is 49.3 Å². The maximum absolute atomic E-state index is 12.0. The molecule has 0 aliphatic carbocycles. The molecule has 1 fully saturated rings. The number of ether oxygens (including phenoxy) is 1. The smallest absolute Gasteiger partial charge is 0.305 e. The van der Waals surface area contributed by atoms with E-state index in [9.17, 15) is 9.59 Å². The van der Waals surface area contributed by atoms with Crippen molar-refractivity contribution in [3.8, 4) is 0 Å². The Kier molecular flexibility index (Phi) is 5.16. The van der Waals surface area contributed by atoms with Crippen molar-refractivity contribution in [2.75, 3.05) is 31.2 Å². The lowest BCUT2D eigenvalue weighted by Gasteiger charge is -2.28. The molecule has 0 spiro atoms. The van der Waals surface area contributed by atoms with Gasteiger partial charge in [-0.1, -0.05) is 0 Å². The van der Waals surface area contributed by atoms with Crippen molar-refractivity contribution in [1.82, 2.24) is 5.32 Å². The first-order chi connectivity index (χ1) is 10.1. The van der Waals surface area contributed by atoms with Gasteiger partial charge in [0.15, 0.2) is 0 Å². The summed E-state index contributed by atoms with van der Waals surface area (Å²) in [5.74, 6) is -1.18. The quantitative estimate of drug-likeness (QED) is 0.850. The number of benzene rings is 1. The van der Waals surface area contributed by atoms with Gasteiger partial charge in [-0.05, 0) is 31.2 Å². The second-order valence-corrected chi connectivity index (χ2v) is 5.12. The number of anilines is 1. The lowest BCUT2D eigenvalue weighted by Crippen LogP contribution is -2.36. The molecular weight excluding hydrogens is 272 g/mol. The number of nitrogens with zero attached hydrogens (tertiary/aromatic N) is 1. The molecule has 6 nitrogen and oxygen atoms in total. The molecule has 2 N–H and O–H groups in total. The molecule has 1 amide bonds. The Labute approximate surface area is 123 Å². The monoisotopic (exact) mass is 292 g/mol. The van der Waals surface area contributed by atoms with Crippen LogP contribution in [0.25, 0.3) is 0 Å².